The van der Waals surface area contributed by atoms with Gasteiger partial charge in [0, 0.05) is 30.6 Å². The van der Waals surface area contributed by atoms with Crippen molar-refractivity contribution in [3.8, 4) is 23.1 Å². The molecule has 0 bridgehead atoms. The van der Waals surface area contributed by atoms with Gasteiger partial charge in [-0.3, -0.25) is 4.68 Å². The van der Waals surface area contributed by atoms with E-state index >= 15 is 0 Å². The number of nitrogens with zero attached hydrogens (tertiary/aromatic N) is 4. The molecule has 7 nitrogen and oxygen atoms in total. The predicted molar refractivity (Wildman–Crippen MR) is 131 cm³/mol. The van der Waals surface area contributed by atoms with Crippen LogP contribution in [0.1, 0.15) is 22.7 Å². The van der Waals surface area contributed by atoms with Crippen LogP contribution in [0.3, 0.4) is 0 Å². The number of hydrogen-bond donors (Lipinski definition) is 2. The lowest BCUT2D eigenvalue weighted by atomic mass is 9.99. The fraction of sp³-hybridized carbons (Fsp3) is 0.222. The summed E-state index contributed by atoms with van der Waals surface area (Å²) in [7, 11) is 1.88. The molecule has 1 aliphatic rings. The summed E-state index contributed by atoms with van der Waals surface area (Å²) in [6, 6.07) is 18.0. The summed E-state index contributed by atoms with van der Waals surface area (Å²) in [5.74, 6) is 0.231. The predicted octanol–water partition coefficient (Wildman–Crippen LogP) is 4.24. The Morgan fingerprint density at radius 3 is 2.80 bits per heavy atom. The van der Waals surface area contributed by atoms with Gasteiger partial charge in [-0.2, -0.15) is 10.4 Å². The van der Waals surface area contributed by atoms with Crippen LogP contribution < -0.4 is 15.4 Å². The Hall–Kier alpha value is -4.22. The monoisotopic (exact) mass is 468 g/mol. The SMILES string of the molecule is Cn1cc(-c2cnc3c(c2)NC[C@H]([C@H](NCCc2ccc(C#N)cc2)c2cccc(F)c2)O3)cn1. The molecule has 0 radical (unpaired) electrons. The fourth-order valence-electron chi connectivity index (χ4n) is 4.26. The first-order chi connectivity index (χ1) is 17.1. The lowest BCUT2D eigenvalue weighted by Gasteiger charge is -2.33. The quantitative estimate of drug-likeness (QED) is 0.422. The zero-order valence-corrected chi connectivity index (χ0v) is 19.3. The fourth-order valence-corrected chi connectivity index (χ4v) is 4.26. The van der Waals surface area contributed by atoms with Crippen molar-refractivity contribution in [2.24, 2.45) is 7.05 Å². The number of rotatable bonds is 7. The summed E-state index contributed by atoms with van der Waals surface area (Å²) in [4.78, 5) is 4.54. The normalized spacial score (nSPS) is 15.4. The van der Waals surface area contributed by atoms with E-state index in [-0.39, 0.29) is 18.0 Å². The summed E-state index contributed by atoms with van der Waals surface area (Å²) in [6.45, 7) is 1.20. The van der Waals surface area contributed by atoms with E-state index in [0.717, 1.165) is 34.4 Å². The Kier molecular flexibility index (Phi) is 6.42. The molecule has 1 aliphatic heterocycles. The molecule has 0 saturated heterocycles. The molecule has 2 N–H and O–H groups in total. The number of aromatic nitrogens is 3. The Morgan fingerprint density at radius 2 is 2.06 bits per heavy atom. The molecule has 8 heteroatoms. The van der Waals surface area contributed by atoms with Crippen LogP contribution in [0.2, 0.25) is 0 Å². The molecule has 5 rings (SSSR count). The number of ether oxygens (including phenoxy) is 1. The van der Waals surface area contributed by atoms with Crippen LogP contribution in [-0.2, 0) is 13.5 Å². The van der Waals surface area contributed by atoms with Crippen molar-refractivity contribution in [2.75, 3.05) is 18.4 Å². The van der Waals surface area contributed by atoms with Gasteiger partial charge in [-0.1, -0.05) is 24.3 Å². The molecule has 2 atom stereocenters. The van der Waals surface area contributed by atoms with Crippen molar-refractivity contribution in [3.05, 3.63) is 95.7 Å². The first-order valence-corrected chi connectivity index (χ1v) is 11.5. The average molecular weight is 469 g/mol. The number of nitrogens with one attached hydrogen (secondary N) is 2. The molecule has 3 heterocycles. The van der Waals surface area contributed by atoms with E-state index in [2.05, 4.69) is 26.8 Å². The zero-order chi connectivity index (χ0) is 24.2. The summed E-state index contributed by atoms with van der Waals surface area (Å²) in [6.07, 6.45) is 5.99. The Balaban J connectivity index is 1.32. The zero-order valence-electron chi connectivity index (χ0n) is 19.3. The van der Waals surface area contributed by atoms with E-state index in [0.29, 0.717) is 24.5 Å². The van der Waals surface area contributed by atoms with Crippen molar-refractivity contribution >= 4 is 5.69 Å². The highest BCUT2D eigenvalue weighted by Gasteiger charge is 2.30. The van der Waals surface area contributed by atoms with Crippen molar-refractivity contribution in [3.63, 3.8) is 0 Å². The second kappa shape index (κ2) is 9.95. The number of anilines is 1. The van der Waals surface area contributed by atoms with Crippen molar-refractivity contribution in [2.45, 2.75) is 18.6 Å². The van der Waals surface area contributed by atoms with E-state index in [1.54, 1.807) is 23.1 Å². The van der Waals surface area contributed by atoms with Crippen LogP contribution in [0.4, 0.5) is 10.1 Å². The van der Waals surface area contributed by atoms with Crippen molar-refractivity contribution < 1.29 is 9.13 Å². The second-order valence-corrected chi connectivity index (χ2v) is 8.56. The molecule has 0 saturated carbocycles. The lowest BCUT2D eigenvalue weighted by molar-refractivity contribution is 0.150. The molecule has 2 aromatic heterocycles. The molecule has 0 unspecified atom stereocenters. The van der Waals surface area contributed by atoms with Gasteiger partial charge >= 0.3 is 0 Å². The minimum Gasteiger partial charge on any atom is -0.469 e. The first kappa shape index (κ1) is 22.6. The number of halogens is 1. The lowest BCUT2D eigenvalue weighted by Crippen LogP contribution is -2.43. The summed E-state index contributed by atoms with van der Waals surface area (Å²) in [5.41, 5.74) is 5.32. The summed E-state index contributed by atoms with van der Waals surface area (Å²) >= 11 is 0. The average Bonchev–Trinajstić information content (AvgIpc) is 3.32. The Bertz CT molecular complexity index is 1360. The van der Waals surface area contributed by atoms with Gasteiger partial charge in [0.1, 0.15) is 11.9 Å². The largest absolute Gasteiger partial charge is 0.469 e. The molecule has 0 amide bonds. The Morgan fingerprint density at radius 1 is 1.20 bits per heavy atom. The molecular weight excluding hydrogens is 443 g/mol. The summed E-state index contributed by atoms with van der Waals surface area (Å²) in [5, 5.41) is 20.2. The molecule has 0 fully saturated rings. The molecule has 0 spiro atoms. The Labute approximate surface area is 203 Å². The maximum absolute atomic E-state index is 14.1. The van der Waals surface area contributed by atoms with Gasteiger partial charge in [0.2, 0.25) is 5.88 Å². The first-order valence-electron chi connectivity index (χ1n) is 11.5. The smallest absolute Gasteiger partial charge is 0.237 e. The van der Waals surface area contributed by atoms with E-state index < -0.39 is 0 Å². The van der Waals surface area contributed by atoms with Gasteiger partial charge in [-0.05, 0) is 54.4 Å². The van der Waals surface area contributed by atoms with E-state index in [1.165, 1.54) is 12.1 Å². The van der Waals surface area contributed by atoms with Crippen molar-refractivity contribution in [1.29, 1.82) is 5.26 Å². The highest BCUT2D eigenvalue weighted by Crippen LogP contribution is 2.34. The van der Waals surface area contributed by atoms with Crippen LogP contribution in [-0.4, -0.2) is 34.0 Å². The van der Waals surface area contributed by atoms with Gasteiger partial charge < -0.3 is 15.4 Å². The topological polar surface area (TPSA) is 87.8 Å². The highest BCUT2D eigenvalue weighted by atomic mass is 19.1. The van der Waals surface area contributed by atoms with Crippen LogP contribution in [0, 0.1) is 17.1 Å². The number of hydrogen-bond acceptors (Lipinski definition) is 6. The number of pyridine rings is 1. The third-order valence-electron chi connectivity index (χ3n) is 6.09. The molecular formula is C27H25FN6O. The highest BCUT2D eigenvalue weighted by molar-refractivity contribution is 5.69. The summed E-state index contributed by atoms with van der Waals surface area (Å²) < 4.78 is 22.1. The van der Waals surface area contributed by atoms with Gasteiger partial charge in [0.05, 0.1) is 36.1 Å². The van der Waals surface area contributed by atoms with Gasteiger partial charge in [-0.25, -0.2) is 9.37 Å². The third-order valence-corrected chi connectivity index (χ3v) is 6.09. The van der Waals surface area contributed by atoms with Crippen LogP contribution in [0.25, 0.3) is 11.1 Å². The minimum atomic E-state index is -0.290. The van der Waals surface area contributed by atoms with Gasteiger partial charge in [0.25, 0.3) is 0 Å². The van der Waals surface area contributed by atoms with Crippen LogP contribution in [0.5, 0.6) is 5.88 Å². The number of nitriles is 1. The van der Waals surface area contributed by atoms with Crippen LogP contribution in [0.15, 0.2) is 73.2 Å². The van der Waals surface area contributed by atoms with Gasteiger partial charge in [-0.15, -0.1) is 0 Å². The molecule has 2 aromatic carbocycles. The second-order valence-electron chi connectivity index (χ2n) is 8.56. The molecule has 4 aromatic rings. The minimum absolute atomic E-state index is 0.246. The van der Waals surface area contributed by atoms with E-state index in [9.17, 15) is 4.39 Å². The van der Waals surface area contributed by atoms with E-state index in [4.69, 9.17) is 10.00 Å². The number of fused-ring (bicyclic) bond motifs is 1. The van der Waals surface area contributed by atoms with Gasteiger partial charge in [0.15, 0.2) is 0 Å². The number of benzene rings is 2. The molecule has 176 valence electrons. The van der Waals surface area contributed by atoms with Crippen molar-refractivity contribution in [1.82, 2.24) is 20.1 Å². The maximum atomic E-state index is 14.1. The third kappa shape index (κ3) is 5.15. The van der Waals surface area contributed by atoms with E-state index in [1.807, 2.05) is 49.6 Å². The maximum Gasteiger partial charge on any atom is 0.237 e. The molecule has 0 aliphatic carbocycles. The molecule has 35 heavy (non-hydrogen) atoms. The van der Waals surface area contributed by atoms with Crippen LogP contribution >= 0.6 is 0 Å². The standard InChI is InChI=1S/C27H25FN6O/c1-34-17-22(15-33-34)21-12-24-27(32-14-21)35-25(16-31-24)26(20-3-2-4-23(28)11-20)30-10-9-18-5-7-19(13-29)8-6-18/h2-8,11-12,14-15,17,25-26,30-31H,9-10,16H2,1H3/t25-,26-/m1/s1. The number of aryl methyl sites for hydroxylation is 1.